The van der Waals surface area contributed by atoms with Crippen LogP contribution in [-0.2, 0) is 9.53 Å². The second-order valence-electron chi connectivity index (χ2n) is 4.14. The van der Waals surface area contributed by atoms with Crippen LogP contribution in [0.5, 0.6) is 5.75 Å². The number of amides is 1. The summed E-state index contributed by atoms with van der Waals surface area (Å²) in [7, 11) is 1.46. The van der Waals surface area contributed by atoms with Gasteiger partial charge >= 0.3 is 0 Å². The van der Waals surface area contributed by atoms with E-state index in [2.05, 4.69) is 5.32 Å². The van der Waals surface area contributed by atoms with Gasteiger partial charge in [0.2, 0.25) is 0 Å². The molecule has 1 aromatic rings. The van der Waals surface area contributed by atoms with Crippen molar-refractivity contribution >= 4 is 24.0 Å². The molecule has 0 aliphatic carbocycles. The number of carbonyl (C=O) groups is 1. The number of ether oxygens (including phenoxy) is 2. The first-order valence-electron chi connectivity index (χ1n) is 5.87. The summed E-state index contributed by atoms with van der Waals surface area (Å²) >= 11 is 0. The standard InChI is InChI=1S/C13H20N2O3.ClH/c1-9(2)18-11-6-4-10(5-7-11)15-13(16)12(8-14)17-3;/h4-7,9,12H,8,14H2,1-3H3,(H,15,16);1H. The number of carbonyl (C=O) groups excluding carboxylic acids is 1. The Morgan fingerprint density at radius 1 is 1.32 bits per heavy atom. The second-order valence-corrected chi connectivity index (χ2v) is 4.14. The van der Waals surface area contributed by atoms with Gasteiger partial charge in [-0.25, -0.2) is 0 Å². The number of halogens is 1. The predicted molar refractivity (Wildman–Crippen MR) is 77.9 cm³/mol. The normalized spacial score (nSPS) is 11.6. The summed E-state index contributed by atoms with van der Waals surface area (Å²) in [6.45, 7) is 4.07. The number of hydrogen-bond acceptors (Lipinski definition) is 4. The minimum atomic E-state index is -0.628. The highest BCUT2D eigenvalue weighted by Gasteiger charge is 2.15. The van der Waals surface area contributed by atoms with Gasteiger partial charge in [-0.1, -0.05) is 0 Å². The maximum atomic E-state index is 11.7. The Morgan fingerprint density at radius 3 is 2.32 bits per heavy atom. The van der Waals surface area contributed by atoms with Crippen molar-refractivity contribution in [2.45, 2.75) is 26.1 Å². The van der Waals surface area contributed by atoms with Crippen molar-refractivity contribution in [2.75, 3.05) is 19.0 Å². The van der Waals surface area contributed by atoms with E-state index in [4.69, 9.17) is 15.2 Å². The number of nitrogens with two attached hydrogens (primary N) is 1. The van der Waals surface area contributed by atoms with Crippen LogP contribution >= 0.6 is 12.4 Å². The quantitative estimate of drug-likeness (QED) is 0.837. The maximum Gasteiger partial charge on any atom is 0.254 e. The first kappa shape index (κ1) is 17.7. The van der Waals surface area contributed by atoms with Crippen LogP contribution in [-0.4, -0.2) is 31.8 Å². The summed E-state index contributed by atoms with van der Waals surface area (Å²) in [6.07, 6.45) is -0.503. The summed E-state index contributed by atoms with van der Waals surface area (Å²) < 4.78 is 10.5. The molecule has 1 amide bonds. The summed E-state index contributed by atoms with van der Waals surface area (Å²) in [5, 5.41) is 2.72. The van der Waals surface area contributed by atoms with Gasteiger partial charge in [0.15, 0.2) is 0 Å². The lowest BCUT2D eigenvalue weighted by Gasteiger charge is -2.14. The lowest BCUT2D eigenvalue weighted by atomic mass is 10.2. The molecule has 0 aliphatic heterocycles. The molecular weight excluding hydrogens is 268 g/mol. The average Bonchev–Trinajstić information content (AvgIpc) is 2.32. The molecule has 0 aromatic heterocycles. The van der Waals surface area contributed by atoms with E-state index in [0.29, 0.717) is 5.69 Å². The molecule has 0 bridgehead atoms. The van der Waals surface area contributed by atoms with E-state index < -0.39 is 6.10 Å². The van der Waals surface area contributed by atoms with Crippen molar-refractivity contribution in [1.29, 1.82) is 0 Å². The van der Waals surface area contributed by atoms with Crippen molar-refractivity contribution in [3.63, 3.8) is 0 Å². The molecule has 0 saturated heterocycles. The molecule has 0 saturated carbocycles. The lowest BCUT2D eigenvalue weighted by molar-refractivity contribution is -0.125. The second kappa shape index (κ2) is 8.74. The third-order valence-corrected chi connectivity index (χ3v) is 2.28. The Labute approximate surface area is 119 Å². The van der Waals surface area contributed by atoms with E-state index in [1.54, 1.807) is 24.3 Å². The topological polar surface area (TPSA) is 73.6 Å². The smallest absolute Gasteiger partial charge is 0.254 e. The van der Waals surface area contributed by atoms with Gasteiger partial charge in [0.05, 0.1) is 6.10 Å². The molecule has 1 unspecified atom stereocenters. The zero-order chi connectivity index (χ0) is 13.5. The van der Waals surface area contributed by atoms with Crippen molar-refractivity contribution in [2.24, 2.45) is 5.73 Å². The maximum absolute atomic E-state index is 11.7. The van der Waals surface area contributed by atoms with Crippen molar-refractivity contribution in [3.8, 4) is 5.75 Å². The van der Waals surface area contributed by atoms with E-state index in [1.807, 2.05) is 13.8 Å². The number of anilines is 1. The molecular formula is C13H21ClN2O3. The number of nitrogens with one attached hydrogen (secondary N) is 1. The number of rotatable bonds is 6. The molecule has 0 spiro atoms. The van der Waals surface area contributed by atoms with Crippen LogP contribution in [0.25, 0.3) is 0 Å². The number of benzene rings is 1. The molecule has 1 atom stereocenters. The van der Waals surface area contributed by atoms with Crippen molar-refractivity contribution in [3.05, 3.63) is 24.3 Å². The highest BCUT2D eigenvalue weighted by atomic mass is 35.5. The molecule has 0 radical (unpaired) electrons. The fourth-order valence-electron chi connectivity index (χ4n) is 1.42. The van der Waals surface area contributed by atoms with E-state index in [9.17, 15) is 4.79 Å². The molecule has 1 aromatic carbocycles. The molecule has 0 aliphatic rings. The Hall–Kier alpha value is -1.30. The van der Waals surface area contributed by atoms with Gasteiger partial charge in [-0.15, -0.1) is 12.4 Å². The summed E-state index contributed by atoms with van der Waals surface area (Å²) in [5.41, 5.74) is 6.10. The minimum Gasteiger partial charge on any atom is -0.491 e. The SMILES string of the molecule is COC(CN)C(=O)Nc1ccc(OC(C)C)cc1.Cl. The fraction of sp³-hybridized carbons (Fsp3) is 0.462. The molecule has 0 fully saturated rings. The number of methoxy groups -OCH3 is 1. The van der Waals surface area contributed by atoms with Gasteiger partial charge in [-0.05, 0) is 38.1 Å². The zero-order valence-corrected chi connectivity index (χ0v) is 12.2. The Kier molecular flexibility index (Phi) is 8.14. The first-order chi connectivity index (χ1) is 8.56. The fourth-order valence-corrected chi connectivity index (χ4v) is 1.42. The molecule has 6 heteroatoms. The van der Waals surface area contributed by atoms with Crippen LogP contribution in [0.15, 0.2) is 24.3 Å². The molecule has 5 nitrogen and oxygen atoms in total. The van der Waals surface area contributed by atoms with E-state index in [-0.39, 0.29) is 31.0 Å². The Bertz CT molecular complexity index is 378. The van der Waals surface area contributed by atoms with Crippen molar-refractivity contribution < 1.29 is 14.3 Å². The zero-order valence-electron chi connectivity index (χ0n) is 11.4. The number of hydrogen-bond donors (Lipinski definition) is 2. The highest BCUT2D eigenvalue weighted by Crippen LogP contribution is 2.17. The molecule has 0 heterocycles. The monoisotopic (exact) mass is 288 g/mol. The van der Waals surface area contributed by atoms with Gasteiger partial charge in [0.25, 0.3) is 5.91 Å². The van der Waals surface area contributed by atoms with Crippen LogP contribution in [0.4, 0.5) is 5.69 Å². The van der Waals surface area contributed by atoms with Crippen molar-refractivity contribution in [1.82, 2.24) is 0 Å². The van der Waals surface area contributed by atoms with Gasteiger partial charge in [0.1, 0.15) is 11.9 Å². The summed E-state index contributed by atoms with van der Waals surface area (Å²) in [6, 6.07) is 7.16. The summed E-state index contributed by atoms with van der Waals surface area (Å²) in [4.78, 5) is 11.7. The van der Waals surface area contributed by atoms with Crippen LogP contribution in [0.2, 0.25) is 0 Å². The molecule has 3 N–H and O–H groups in total. The van der Waals surface area contributed by atoms with Gasteiger partial charge in [-0.2, -0.15) is 0 Å². The van der Waals surface area contributed by atoms with Crippen LogP contribution in [0, 0.1) is 0 Å². The van der Waals surface area contributed by atoms with Gasteiger partial charge < -0.3 is 20.5 Å². The summed E-state index contributed by atoms with van der Waals surface area (Å²) in [5.74, 6) is 0.516. The van der Waals surface area contributed by atoms with Gasteiger partial charge in [-0.3, -0.25) is 4.79 Å². The predicted octanol–water partition coefficient (Wildman–Crippen LogP) is 1.81. The average molecular weight is 289 g/mol. The van der Waals surface area contributed by atoms with E-state index in [1.165, 1.54) is 7.11 Å². The largest absolute Gasteiger partial charge is 0.491 e. The third kappa shape index (κ3) is 5.92. The van der Waals surface area contributed by atoms with E-state index in [0.717, 1.165) is 5.75 Å². The van der Waals surface area contributed by atoms with Crippen LogP contribution in [0.1, 0.15) is 13.8 Å². The van der Waals surface area contributed by atoms with Gasteiger partial charge in [0, 0.05) is 19.3 Å². The minimum absolute atomic E-state index is 0. The molecule has 1 rings (SSSR count). The third-order valence-electron chi connectivity index (χ3n) is 2.28. The van der Waals surface area contributed by atoms with E-state index >= 15 is 0 Å². The highest BCUT2D eigenvalue weighted by molar-refractivity contribution is 5.94. The van der Waals surface area contributed by atoms with Crippen LogP contribution in [0.3, 0.4) is 0 Å². The Balaban J connectivity index is 0.00000324. The first-order valence-corrected chi connectivity index (χ1v) is 5.87. The van der Waals surface area contributed by atoms with Crippen LogP contribution < -0.4 is 15.8 Å². The lowest BCUT2D eigenvalue weighted by Crippen LogP contribution is -2.35. The molecule has 19 heavy (non-hydrogen) atoms. The Morgan fingerprint density at radius 2 is 1.89 bits per heavy atom. The molecule has 108 valence electrons.